The molecular formula is C15H20N2O2S. The number of carbonyl (C=O) groups is 2. The molecule has 1 heterocycles. The van der Waals surface area contributed by atoms with Gasteiger partial charge in [0.15, 0.2) is 0 Å². The zero-order valence-corrected chi connectivity index (χ0v) is 12.5. The molecule has 2 rings (SSSR count). The van der Waals surface area contributed by atoms with Crippen LogP contribution in [0.25, 0.3) is 0 Å². The summed E-state index contributed by atoms with van der Waals surface area (Å²) in [6, 6.07) is 10.2. The van der Waals surface area contributed by atoms with E-state index < -0.39 is 0 Å². The number of nitrogens with zero attached hydrogens (tertiary/aromatic N) is 1. The highest BCUT2D eigenvalue weighted by Crippen LogP contribution is 2.18. The van der Waals surface area contributed by atoms with Gasteiger partial charge in [-0.15, -0.1) is 11.8 Å². The summed E-state index contributed by atoms with van der Waals surface area (Å²) >= 11 is 1.55. The molecule has 0 spiro atoms. The van der Waals surface area contributed by atoms with Crippen molar-refractivity contribution in [2.24, 2.45) is 0 Å². The molecule has 20 heavy (non-hydrogen) atoms. The standard InChI is InChI=1S/C15H20N2O2S/c1-2-12(13-6-4-3-5-7-13)8-16-14(18)9-17-11-20-10-15(17)19/h3-7,12H,2,8-11H2,1H3,(H,16,18)/t12-/m1/s1. The van der Waals surface area contributed by atoms with Gasteiger partial charge in [0, 0.05) is 12.5 Å². The Kier molecular flexibility index (Phi) is 5.47. The van der Waals surface area contributed by atoms with E-state index in [1.54, 1.807) is 16.7 Å². The van der Waals surface area contributed by atoms with Crippen LogP contribution in [0, 0.1) is 0 Å². The molecule has 1 aromatic rings. The van der Waals surface area contributed by atoms with Gasteiger partial charge < -0.3 is 10.2 Å². The number of hydrogen-bond acceptors (Lipinski definition) is 3. The van der Waals surface area contributed by atoms with Gasteiger partial charge in [0.25, 0.3) is 0 Å². The molecule has 1 N–H and O–H groups in total. The van der Waals surface area contributed by atoms with Crippen LogP contribution in [-0.2, 0) is 9.59 Å². The summed E-state index contributed by atoms with van der Waals surface area (Å²) in [5, 5.41) is 2.94. The summed E-state index contributed by atoms with van der Waals surface area (Å²) in [6.07, 6.45) is 0.975. The lowest BCUT2D eigenvalue weighted by Crippen LogP contribution is -2.39. The first-order valence-corrected chi connectivity index (χ1v) is 8.03. The molecule has 0 saturated carbocycles. The van der Waals surface area contributed by atoms with Crippen LogP contribution in [-0.4, -0.2) is 41.4 Å². The van der Waals surface area contributed by atoms with E-state index in [9.17, 15) is 9.59 Å². The molecule has 4 nitrogen and oxygen atoms in total. The molecule has 0 aliphatic carbocycles. The second kappa shape index (κ2) is 7.33. The molecule has 5 heteroatoms. The van der Waals surface area contributed by atoms with E-state index in [-0.39, 0.29) is 18.4 Å². The zero-order valence-electron chi connectivity index (χ0n) is 11.7. The lowest BCUT2D eigenvalue weighted by atomic mass is 9.96. The highest BCUT2D eigenvalue weighted by molar-refractivity contribution is 8.00. The van der Waals surface area contributed by atoms with Crippen LogP contribution in [0.15, 0.2) is 30.3 Å². The second-order valence-corrected chi connectivity index (χ2v) is 5.84. The highest BCUT2D eigenvalue weighted by Gasteiger charge is 2.23. The Labute approximate surface area is 123 Å². The third-order valence-electron chi connectivity index (χ3n) is 3.47. The van der Waals surface area contributed by atoms with E-state index in [2.05, 4.69) is 24.4 Å². The Balaban J connectivity index is 1.81. The number of rotatable bonds is 6. The molecule has 1 aromatic carbocycles. The van der Waals surface area contributed by atoms with Crippen molar-refractivity contribution in [1.29, 1.82) is 0 Å². The predicted octanol–water partition coefficient (Wildman–Crippen LogP) is 1.83. The summed E-state index contributed by atoms with van der Waals surface area (Å²) in [7, 11) is 0. The maximum Gasteiger partial charge on any atom is 0.239 e. The SMILES string of the molecule is CC[C@H](CNC(=O)CN1CSCC1=O)c1ccccc1. The van der Waals surface area contributed by atoms with E-state index in [0.29, 0.717) is 24.1 Å². The van der Waals surface area contributed by atoms with Crippen LogP contribution in [0.1, 0.15) is 24.8 Å². The van der Waals surface area contributed by atoms with E-state index in [4.69, 9.17) is 0 Å². The molecule has 0 bridgehead atoms. The first-order chi connectivity index (χ1) is 9.70. The normalized spacial score (nSPS) is 16.2. The predicted molar refractivity (Wildman–Crippen MR) is 81.5 cm³/mol. The van der Waals surface area contributed by atoms with Gasteiger partial charge in [-0.3, -0.25) is 9.59 Å². The third kappa shape index (κ3) is 4.00. The van der Waals surface area contributed by atoms with Crippen molar-refractivity contribution in [3.8, 4) is 0 Å². The fraction of sp³-hybridized carbons (Fsp3) is 0.467. The highest BCUT2D eigenvalue weighted by atomic mass is 32.2. The molecule has 1 saturated heterocycles. The van der Waals surface area contributed by atoms with Gasteiger partial charge in [-0.05, 0) is 12.0 Å². The van der Waals surface area contributed by atoms with Gasteiger partial charge in [0.1, 0.15) is 6.54 Å². The van der Waals surface area contributed by atoms with E-state index in [0.717, 1.165) is 6.42 Å². The van der Waals surface area contributed by atoms with Gasteiger partial charge in [-0.1, -0.05) is 37.3 Å². The quantitative estimate of drug-likeness (QED) is 0.870. The molecule has 1 atom stereocenters. The molecule has 0 unspecified atom stereocenters. The smallest absolute Gasteiger partial charge is 0.239 e. The summed E-state index contributed by atoms with van der Waals surface area (Å²) in [6.45, 7) is 2.91. The third-order valence-corrected chi connectivity index (χ3v) is 4.41. The van der Waals surface area contributed by atoms with Crippen molar-refractivity contribution in [1.82, 2.24) is 10.2 Å². The fourth-order valence-electron chi connectivity index (χ4n) is 2.23. The average molecular weight is 292 g/mol. The van der Waals surface area contributed by atoms with Crippen LogP contribution in [0.2, 0.25) is 0 Å². The van der Waals surface area contributed by atoms with Gasteiger partial charge in [-0.25, -0.2) is 0 Å². The lowest BCUT2D eigenvalue weighted by Gasteiger charge is -2.18. The maximum atomic E-state index is 11.9. The Hall–Kier alpha value is -1.49. The molecule has 1 fully saturated rings. The lowest BCUT2D eigenvalue weighted by molar-refractivity contribution is -0.132. The Bertz CT molecular complexity index is 464. The summed E-state index contributed by atoms with van der Waals surface area (Å²) < 4.78 is 0. The van der Waals surface area contributed by atoms with Crippen molar-refractivity contribution >= 4 is 23.6 Å². The van der Waals surface area contributed by atoms with Crippen molar-refractivity contribution in [3.63, 3.8) is 0 Å². The molecule has 1 aliphatic heterocycles. The minimum atomic E-state index is -0.0739. The number of thioether (sulfide) groups is 1. The molecule has 0 aromatic heterocycles. The molecule has 0 radical (unpaired) electrons. The van der Waals surface area contributed by atoms with Gasteiger partial charge in [0.2, 0.25) is 11.8 Å². The average Bonchev–Trinajstić information content (AvgIpc) is 2.86. The van der Waals surface area contributed by atoms with Gasteiger partial charge >= 0.3 is 0 Å². The van der Waals surface area contributed by atoms with Crippen molar-refractivity contribution in [2.45, 2.75) is 19.3 Å². The summed E-state index contributed by atoms with van der Waals surface area (Å²) in [5.74, 6) is 1.43. The molecular weight excluding hydrogens is 272 g/mol. The Morgan fingerprint density at radius 3 is 2.75 bits per heavy atom. The summed E-state index contributed by atoms with van der Waals surface area (Å²) in [5.41, 5.74) is 1.24. The first-order valence-electron chi connectivity index (χ1n) is 6.88. The van der Waals surface area contributed by atoms with Crippen LogP contribution in [0.5, 0.6) is 0 Å². The number of carbonyl (C=O) groups excluding carboxylic acids is 2. The van der Waals surface area contributed by atoms with Crippen LogP contribution >= 0.6 is 11.8 Å². The minimum Gasteiger partial charge on any atom is -0.354 e. The van der Waals surface area contributed by atoms with Crippen LogP contribution in [0.3, 0.4) is 0 Å². The van der Waals surface area contributed by atoms with Crippen molar-refractivity contribution < 1.29 is 9.59 Å². The van der Waals surface area contributed by atoms with E-state index in [1.165, 1.54) is 5.56 Å². The largest absolute Gasteiger partial charge is 0.354 e. The Morgan fingerprint density at radius 2 is 2.15 bits per heavy atom. The maximum absolute atomic E-state index is 11.9. The van der Waals surface area contributed by atoms with E-state index in [1.807, 2.05) is 18.2 Å². The minimum absolute atomic E-state index is 0.0558. The number of amides is 2. The fourth-order valence-corrected chi connectivity index (χ4v) is 3.13. The zero-order chi connectivity index (χ0) is 14.4. The number of benzene rings is 1. The molecule has 2 amide bonds. The van der Waals surface area contributed by atoms with Crippen molar-refractivity contribution in [2.75, 3.05) is 24.7 Å². The summed E-state index contributed by atoms with van der Waals surface area (Å²) in [4.78, 5) is 24.9. The topological polar surface area (TPSA) is 49.4 Å². The molecule has 108 valence electrons. The van der Waals surface area contributed by atoms with Gasteiger partial charge in [0.05, 0.1) is 11.6 Å². The van der Waals surface area contributed by atoms with E-state index >= 15 is 0 Å². The van der Waals surface area contributed by atoms with Crippen LogP contribution in [0.4, 0.5) is 0 Å². The van der Waals surface area contributed by atoms with Crippen molar-refractivity contribution in [3.05, 3.63) is 35.9 Å². The first kappa shape index (κ1) is 14.9. The van der Waals surface area contributed by atoms with Gasteiger partial charge in [-0.2, -0.15) is 0 Å². The van der Waals surface area contributed by atoms with Crippen LogP contribution < -0.4 is 5.32 Å². The monoisotopic (exact) mass is 292 g/mol. The second-order valence-electron chi connectivity index (χ2n) is 4.89. The Morgan fingerprint density at radius 1 is 1.40 bits per heavy atom. The number of nitrogens with one attached hydrogen (secondary N) is 1. The number of hydrogen-bond donors (Lipinski definition) is 1. The molecule has 1 aliphatic rings.